The second-order valence-electron chi connectivity index (χ2n) is 6.05. The van der Waals surface area contributed by atoms with Crippen molar-refractivity contribution in [3.05, 3.63) is 62.9 Å². The van der Waals surface area contributed by atoms with Crippen LogP contribution in [0.15, 0.2) is 57.5 Å². The lowest BCUT2D eigenvalue weighted by Gasteiger charge is -2.02. The van der Waals surface area contributed by atoms with Gasteiger partial charge in [0.05, 0.1) is 26.2 Å². The maximum Gasteiger partial charge on any atom is 0.282 e. The van der Waals surface area contributed by atoms with Crippen LogP contribution in [0.3, 0.4) is 0 Å². The number of aromatic amines is 1. The molecule has 3 aromatic heterocycles. The Hall–Kier alpha value is -4.19. The highest BCUT2D eigenvalue weighted by atomic mass is 32.1. The van der Waals surface area contributed by atoms with Crippen LogP contribution in [0.1, 0.15) is 0 Å². The number of nitrogen functional groups attached to an aromatic ring is 1. The van der Waals surface area contributed by atoms with Gasteiger partial charge in [0.1, 0.15) is 5.82 Å². The minimum absolute atomic E-state index is 0.0391. The summed E-state index contributed by atoms with van der Waals surface area (Å²) in [6.07, 6.45) is 0. The molecule has 0 amide bonds. The first-order valence-electron chi connectivity index (χ1n) is 8.27. The number of thiazole rings is 1. The predicted molar refractivity (Wildman–Crippen MR) is 108 cm³/mol. The van der Waals surface area contributed by atoms with E-state index < -0.39 is 10.5 Å². The maximum absolute atomic E-state index is 12.4. The molecule has 0 atom stereocenters. The molecule has 3 N–H and O–H groups in total. The van der Waals surface area contributed by atoms with Crippen molar-refractivity contribution in [1.29, 1.82) is 0 Å². The lowest BCUT2D eigenvalue weighted by molar-refractivity contribution is -0.384. The fraction of sp³-hybridized carbons (Fsp3) is 0. The van der Waals surface area contributed by atoms with Gasteiger partial charge in [-0.15, -0.1) is 10.2 Å². The number of aromatic nitrogens is 4. The molecule has 5 aromatic rings. The van der Waals surface area contributed by atoms with Crippen molar-refractivity contribution in [2.75, 3.05) is 5.73 Å². The molecule has 0 saturated carbocycles. The number of H-pyrrole nitrogens is 1. The van der Waals surface area contributed by atoms with E-state index in [0.29, 0.717) is 21.5 Å². The average molecular weight is 406 g/mol. The van der Waals surface area contributed by atoms with Gasteiger partial charge in [-0.25, -0.2) is 9.97 Å². The summed E-state index contributed by atoms with van der Waals surface area (Å²) in [5, 5.41) is 19.1. The summed E-state index contributed by atoms with van der Waals surface area (Å²) in [5.74, 6) is 0.401. The van der Waals surface area contributed by atoms with Crippen LogP contribution in [-0.4, -0.2) is 24.3 Å². The van der Waals surface area contributed by atoms with E-state index in [2.05, 4.69) is 25.2 Å². The zero-order valence-electron chi connectivity index (χ0n) is 14.4. The van der Waals surface area contributed by atoms with Gasteiger partial charge in [-0.2, -0.15) is 0 Å². The van der Waals surface area contributed by atoms with Crippen molar-refractivity contribution in [3.8, 4) is 0 Å². The van der Waals surface area contributed by atoms with E-state index in [4.69, 9.17) is 5.73 Å². The van der Waals surface area contributed by atoms with E-state index in [0.717, 1.165) is 16.9 Å². The molecule has 29 heavy (non-hydrogen) atoms. The van der Waals surface area contributed by atoms with Gasteiger partial charge in [0.15, 0.2) is 5.69 Å². The summed E-state index contributed by atoms with van der Waals surface area (Å²) in [5.41, 5.74) is 7.48. The maximum atomic E-state index is 12.4. The van der Waals surface area contributed by atoms with Crippen LogP contribution in [0, 0.1) is 10.1 Å². The summed E-state index contributed by atoms with van der Waals surface area (Å²) in [4.78, 5) is 34.1. The molecular weight excluding hydrogens is 396 g/mol. The van der Waals surface area contributed by atoms with E-state index in [-0.39, 0.29) is 22.3 Å². The summed E-state index contributed by atoms with van der Waals surface area (Å²) in [7, 11) is 0. The van der Waals surface area contributed by atoms with E-state index in [1.54, 1.807) is 4.40 Å². The van der Waals surface area contributed by atoms with Crippen molar-refractivity contribution >= 4 is 60.7 Å². The highest BCUT2D eigenvalue weighted by Gasteiger charge is 2.15. The topological polar surface area (TPSA) is 157 Å². The number of non-ortho nitro benzene ring substituents is 1. The van der Waals surface area contributed by atoms with Gasteiger partial charge in [-0.3, -0.25) is 24.3 Å². The minimum atomic E-state index is -0.536. The van der Waals surface area contributed by atoms with Gasteiger partial charge in [-0.1, -0.05) is 23.5 Å². The van der Waals surface area contributed by atoms with Crippen molar-refractivity contribution in [3.63, 3.8) is 0 Å². The lowest BCUT2D eigenvalue weighted by atomic mass is 10.3. The molecule has 0 bridgehead atoms. The van der Waals surface area contributed by atoms with E-state index in [1.807, 2.05) is 24.3 Å². The summed E-state index contributed by atoms with van der Waals surface area (Å²) >= 11 is 1.12. The first-order valence-corrected chi connectivity index (χ1v) is 9.08. The molecule has 5 rings (SSSR count). The van der Waals surface area contributed by atoms with Crippen LogP contribution in [0.25, 0.3) is 27.0 Å². The van der Waals surface area contributed by atoms with Crippen molar-refractivity contribution in [2.24, 2.45) is 10.2 Å². The number of azo groups is 1. The normalized spacial score (nSPS) is 11.9. The average Bonchev–Trinajstić information content (AvgIpc) is 3.27. The fourth-order valence-corrected chi connectivity index (χ4v) is 3.80. The number of para-hydroxylation sites is 2. The number of anilines is 1. The number of hydrogen-bond donors (Lipinski definition) is 2. The van der Waals surface area contributed by atoms with Gasteiger partial charge < -0.3 is 5.73 Å². The molecular formula is C17H10N8O3S. The van der Waals surface area contributed by atoms with Crippen molar-refractivity contribution in [2.45, 2.75) is 0 Å². The van der Waals surface area contributed by atoms with Crippen LogP contribution in [0.5, 0.6) is 0 Å². The molecule has 2 aromatic carbocycles. The molecule has 3 heterocycles. The number of rotatable bonds is 3. The molecule has 0 fully saturated rings. The highest BCUT2D eigenvalue weighted by molar-refractivity contribution is 7.21. The molecule has 11 nitrogen and oxygen atoms in total. The Bertz CT molecular complexity index is 1530. The van der Waals surface area contributed by atoms with E-state index >= 15 is 0 Å². The second kappa shape index (κ2) is 6.17. The Kier molecular flexibility index (Phi) is 3.61. The van der Waals surface area contributed by atoms with Gasteiger partial charge in [0.25, 0.3) is 11.2 Å². The number of nitro groups is 1. The third kappa shape index (κ3) is 2.70. The van der Waals surface area contributed by atoms with Gasteiger partial charge >= 0.3 is 0 Å². The molecule has 0 spiro atoms. The third-order valence-corrected chi connectivity index (χ3v) is 5.19. The summed E-state index contributed by atoms with van der Waals surface area (Å²) < 4.78 is 2.18. The predicted octanol–water partition coefficient (Wildman–Crippen LogP) is 3.69. The fourth-order valence-electron chi connectivity index (χ4n) is 2.98. The number of fused-ring (bicyclic) bond motifs is 4. The minimum Gasteiger partial charge on any atom is -0.383 e. The Morgan fingerprint density at radius 1 is 1.14 bits per heavy atom. The number of nitrogens with zero attached hydrogens (tertiary/aromatic N) is 6. The largest absolute Gasteiger partial charge is 0.383 e. The standard InChI is InChI=1S/C17H10N8O3S/c18-14-13(15(26)21-16-19-9-3-1-2-4-11(9)24(14)16)22-23-17-20-10-6-5-8(25(27)28)7-12(10)29-17/h1-7H,18H2,(H,19,21,26). The zero-order chi connectivity index (χ0) is 20.1. The SMILES string of the molecule is Nc1c(N=Nc2nc3ccc([N+](=O)[O-])cc3s2)c(=O)[nH]c2nc3ccccc3n12. The first kappa shape index (κ1) is 16.9. The zero-order valence-corrected chi connectivity index (χ0v) is 15.3. The molecule has 0 aliphatic carbocycles. The number of hydrogen-bond acceptors (Lipinski definition) is 9. The van der Waals surface area contributed by atoms with Crippen LogP contribution >= 0.6 is 11.3 Å². The van der Waals surface area contributed by atoms with E-state index in [1.165, 1.54) is 18.2 Å². The summed E-state index contributed by atoms with van der Waals surface area (Å²) in [6, 6.07) is 11.6. The monoisotopic (exact) mass is 406 g/mol. The van der Waals surface area contributed by atoms with Crippen LogP contribution in [0.2, 0.25) is 0 Å². The molecule has 0 unspecified atom stereocenters. The van der Waals surface area contributed by atoms with Crippen LogP contribution in [-0.2, 0) is 0 Å². The Morgan fingerprint density at radius 2 is 1.97 bits per heavy atom. The molecule has 0 aliphatic heterocycles. The summed E-state index contributed by atoms with van der Waals surface area (Å²) in [6.45, 7) is 0. The molecule has 142 valence electrons. The Balaban J connectivity index is 1.61. The van der Waals surface area contributed by atoms with Crippen LogP contribution in [0.4, 0.5) is 22.3 Å². The smallest absolute Gasteiger partial charge is 0.282 e. The van der Waals surface area contributed by atoms with E-state index in [9.17, 15) is 14.9 Å². The lowest BCUT2D eigenvalue weighted by Crippen LogP contribution is -2.12. The first-order chi connectivity index (χ1) is 14.0. The number of imidazole rings is 1. The van der Waals surface area contributed by atoms with Crippen molar-refractivity contribution in [1.82, 2.24) is 19.4 Å². The van der Waals surface area contributed by atoms with Gasteiger partial charge in [0, 0.05) is 12.1 Å². The number of nitro benzene ring substituents is 1. The van der Waals surface area contributed by atoms with Crippen LogP contribution < -0.4 is 11.3 Å². The number of benzene rings is 2. The molecule has 0 aliphatic rings. The number of nitrogens with two attached hydrogens (primary N) is 1. The Morgan fingerprint density at radius 3 is 2.79 bits per heavy atom. The molecule has 0 saturated heterocycles. The second-order valence-corrected chi connectivity index (χ2v) is 7.06. The third-order valence-electron chi connectivity index (χ3n) is 4.29. The van der Waals surface area contributed by atoms with Crippen molar-refractivity contribution < 1.29 is 4.92 Å². The Labute approximate surface area is 164 Å². The quantitative estimate of drug-likeness (QED) is 0.264. The molecule has 0 radical (unpaired) electrons. The highest BCUT2D eigenvalue weighted by Crippen LogP contribution is 2.32. The molecule has 12 heteroatoms. The number of nitrogens with one attached hydrogen (secondary N) is 1. The van der Waals surface area contributed by atoms with Gasteiger partial charge in [-0.05, 0) is 18.2 Å². The van der Waals surface area contributed by atoms with Gasteiger partial charge in [0.2, 0.25) is 10.9 Å².